The van der Waals surface area contributed by atoms with Crippen LogP contribution >= 0.6 is 11.8 Å². The van der Waals surface area contributed by atoms with Crippen molar-refractivity contribution in [2.24, 2.45) is 0 Å². The predicted molar refractivity (Wildman–Crippen MR) is 106 cm³/mol. The van der Waals surface area contributed by atoms with Crippen LogP contribution in [0.3, 0.4) is 0 Å². The second-order valence-electron chi connectivity index (χ2n) is 5.58. The topological polar surface area (TPSA) is 66.0 Å². The van der Waals surface area contributed by atoms with E-state index in [0.29, 0.717) is 36.0 Å². The van der Waals surface area contributed by atoms with Crippen molar-refractivity contribution in [3.8, 4) is 23.0 Å². The van der Waals surface area contributed by atoms with Gasteiger partial charge in [-0.15, -0.1) is 11.8 Å². The fourth-order valence-corrected chi connectivity index (χ4v) is 3.31. The number of hydrogen-bond donors (Lipinski definition) is 1. The van der Waals surface area contributed by atoms with Crippen LogP contribution in [0, 0.1) is 0 Å². The highest BCUT2D eigenvalue weighted by Crippen LogP contribution is 2.38. The highest BCUT2D eigenvalue weighted by atomic mass is 32.2. The summed E-state index contributed by atoms with van der Waals surface area (Å²) in [6.07, 6.45) is 0.432. The van der Waals surface area contributed by atoms with Gasteiger partial charge in [-0.3, -0.25) is 4.79 Å². The third-order valence-electron chi connectivity index (χ3n) is 3.87. The number of nitrogens with one attached hydrogen (secondary N) is 1. The van der Waals surface area contributed by atoms with Crippen LogP contribution in [0.1, 0.15) is 12.0 Å². The molecule has 146 valence electrons. The first kappa shape index (κ1) is 20.8. The van der Waals surface area contributed by atoms with E-state index in [1.165, 1.54) is 0 Å². The molecule has 0 heterocycles. The van der Waals surface area contributed by atoms with Gasteiger partial charge in [0.25, 0.3) is 0 Å². The summed E-state index contributed by atoms with van der Waals surface area (Å²) in [7, 11) is 6.33. The van der Waals surface area contributed by atoms with Crippen molar-refractivity contribution >= 4 is 17.7 Å². The molecule has 0 radical (unpaired) electrons. The van der Waals surface area contributed by atoms with Gasteiger partial charge in [-0.05, 0) is 42.0 Å². The quantitative estimate of drug-likeness (QED) is 0.625. The van der Waals surface area contributed by atoms with Crippen molar-refractivity contribution in [2.75, 3.05) is 34.2 Å². The largest absolute Gasteiger partial charge is 0.497 e. The third-order valence-corrected chi connectivity index (χ3v) is 4.89. The number of carbonyl (C=O) groups excluding carboxylic acids is 1. The summed E-state index contributed by atoms with van der Waals surface area (Å²) in [6, 6.07) is 11.4. The molecule has 0 aliphatic rings. The van der Waals surface area contributed by atoms with Gasteiger partial charge in [0.15, 0.2) is 11.5 Å². The van der Waals surface area contributed by atoms with E-state index in [2.05, 4.69) is 5.32 Å². The Morgan fingerprint density at radius 1 is 0.926 bits per heavy atom. The highest BCUT2D eigenvalue weighted by Gasteiger charge is 2.13. The van der Waals surface area contributed by atoms with Gasteiger partial charge in [-0.1, -0.05) is 0 Å². The number of thioether (sulfide) groups is 1. The Morgan fingerprint density at radius 3 is 2.07 bits per heavy atom. The summed E-state index contributed by atoms with van der Waals surface area (Å²) in [6.45, 7) is 0.392. The summed E-state index contributed by atoms with van der Waals surface area (Å²) in [5.41, 5.74) is 0.876. The van der Waals surface area contributed by atoms with Crippen molar-refractivity contribution in [3.05, 3.63) is 42.0 Å². The lowest BCUT2D eigenvalue weighted by Gasteiger charge is -2.14. The average Bonchev–Trinajstić information content (AvgIpc) is 2.71. The van der Waals surface area contributed by atoms with Gasteiger partial charge in [-0.25, -0.2) is 0 Å². The van der Waals surface area contributed by atoms with Crippen molar-refractivity contribution in [2.45, 2.75) is 17.9 Å². The van der Waals surface area contributed by atoms with Crippen LogP contribution in [0.2, 0.25) is 0 Å². The molecule has 0 unspecified atom stereocenters. The lowest BCUT2D eigenvalue weighted by Crippen LogP contribution is -2.23. The number of methoxy groups -OCH3 is 4. The molecule has 27 heavy (non-hydrogen) atoms. The lowest BCUT2D eigenvalue weighted by molar-refractivity contribution is -0.120. The summed E-state index contributed by atoms with van der Waals surface area (Å²) >= 11 is 1.63. The molecule has 0 fully saturated rings. The lowest BCUT2D eigenvalue weighted by atomic mass is 10.1. The summed E-state index contributed by atoms with van der Waals surface area (Å²) < 4.78 is 21.1. The van der Waals surface area contributed by atoms with Gasteiger partial charge >= 0.3 is 0 Å². The molecule has 7 heteroatoms. The first-order chi connectivity index (χ1) is 13.1. The van der Waals surface area contributed by atoms with Gasteiger partial charge in [-0.2, -0.15) is 0 Å². The molecule has 1 N–H and O–H groups in total. The van der Waals surface area contributed by atoms with Gasteiger partial charge in [0.05, 0.1) is 28.4 Å². The average molecular weight is 391 g/mol. The molecule has 0 atom stereocenters. The Kier molecular flexibility index (Phi) is 8.13. The fourth-order valence-electron chi connectivity index (χ4n) is 2.46. The number of ether oxygens (including phenoxy) is 4. The van der Waals surface area contributed by atoms with E-state index in [4.69, 9.17) is 18.9 Å². The van der Waals surface area contributed by atoms with E-state index < -0.39 is 0 Å². The summed E-state index contributed by atoms with van der Waals surface area (Å²) in [5.74, 6) is 3.18. The number of rotatable bonds is 10. The van der Waals surface area contributed by atoms with Gasteiger partial charge in [0, 0.05) is 23.6 Å². The first-order valence-corrected chi connectivity index (χ1v) is 9.42. The van der Waals surface area contributed by atoms with Crippen LogP contribution < -0.4 is 24.3 Å². The number of amides is 1. The number of benzene rings is 2. The molecule has 0 aliphatic heterocycles. The normalized spacial score (nSPS) is 10.2. The highest BCUT2D eigenvalue weighted by molar-refractivity contribution is 7.99. The predicted octanol–water partition coefficient (Wildman–Crippen LogP) is 3.52. The van der Waals surface area contributed by atoms with Crippen LogP contribution in [0.25, 0.3) is 0 Å². The summed E-state index contributed by atoms with van der Waals surface area (Å²) in [4.78, 5) is 13.2. The zero-order chi connectivity index (χ0) is 19.6. The Bertz CT molecular complexity index is 724. The monoisotopic (exact) mass is 391 g/mol. The van der Waals surface area contributed by atoms with Crippen molar-refractivity contribution in [1.29, 1.82) is 0 Å². The molecule has 0 bridgehead atoms. The van der Waals surface area contributed by atoms with Gasteiger partial charge < -0.3 is 24.3 Å². The Hall–Kier alpha value is -2.54. The Labute approximate surface area is 164 Å². The Balaban J connectivity index is 1.84. The van der Waals surface area contributed by atoms with Crippen molar-refractivity contribution in [3.63, 3.8) is 0 Å². The van der Waals surface area contributed by atoms with Crippen LogP contribution in [0.4, 0.5) is 0 Å². The molecule has 1 amide bonds. The van der Waals surface area contributed by atoms with Crippen LogP contribution in [-0.4, -0.2) is 40.1 Å². The van der Waals surface area contributed by atoms with E-state index >= 15 is 0 Å². The maximum atomic E-state index is 12.1. The second kappa shape index (κ2) is 10.6. The molecule has 0 aromatic heterocycles. The van der Waals surface area contributed by atoms with E-state index in [-0.39, 0.29) is 5.91 Å². The smallest absolute Gasteiger partial charge is 0.221 e. The maximum absolute atomic E-state index is 12.1. The van der Waals surface area contributed by atoms with E-state index in [1.54, 1.807) is 40.2 Å². The molecule has 2 aromatic carbocycles. The van der Waals surface area contributed by atoms with E-state index in [1.807, 2.05) is 36.4 Å². The van der Waals surface area contributed by atoms with Crippen LogP contribution in [-0.2, 0) is 11.3 Å². The minimum absolute atomic E-state index is 0.00948. The maximum Gasteiger partial charge on any atom is 0.221 e. The fraction of sp³-hybridized carbons (Fsp3) is 0.350. The molecule has 2 rings (SSSR count). The standard InChI is InChI=1S/C20H25NO5S/c1-23-15-5-7-16(8-6-15)27-10-9-19(22)21-13-14-11-17(24-2)20(26-4)18(12-14)25-3/h5-8,11-12H,9-10,13H2,1-4H3,(H,21,22). The molecular weight excluding hydrogens is 366 g/mol. The molecule has 0 saturated carbocycles. The second-order valence-corrected chi connectivity index (χ2v) is 6.75. The van der Waals surface area contributed by atoms with E-state index in [0.717, 1.165) is 16.2 Å². The molecule has 2 aromatic rings. The zero-order valence-electron chi connectivity index (χ0n) is 16.0. The van der Waals surface area contributed by atoms with Gasteiger partial charge in [0.1, 0.15) is 5.75 Å². The van der Waals surface area contributed by atoms with Crippen LogP contribution in [0.5, 0.6) is 23.0 Å². The zero-order valence-corrected chi connectivity index (χ0v) is 16.9. The van der Waals surface area contributed by atoms with Crippen LogP contribution in [0.15, 0.2) is 41.3 Å². The minimum atomic E-state index is -0.00948. The first-order valence-electron chi connectivity index (χ1n) is 8.43. The molecule has 6 nitrogen and oxygen atoms in total. The minimum Gasteiger partial charge on any atom is -0.497 e. The Morgan fingerprint density at radius 2 is 1.56 bits per heavy atom. The third kappa shape index (κ3) is 5.99. The van der Waals surface area contributed by atoms with E-state index in [9.17, 15) is 4.79 Å². The molecule has 0 saturated heterocycles. The number of carbonyl (C=O) groups is 1. The molecule has 0 spiro atoms. The number of hydrogen-bond acceptors (Lipinski definition) is 6. The van der Waals surface area contributed by atoms with Gasteiger partial charge in [0.2, 0.25) is 11.7 Å². The van der Waals surface area contributed by atoms with Crippen molar-refractivity contribution < 1.29 is 23.7 Å². The SMILES string of the molecule is COc1ccc(SCCC(=O)NCc2cc(OC)c(OC)c(OC)c2)cc1. The molecule has 0 aliphatic carbocycles. The summed E-state index contributed by atoms with van der Waals surface area (Å²) in [5, 5.41) is 2.92. The molecular formula is C20H25NO5S. The van der Waals surface area contributed by atoms with Crippen molar-refractivity contribution in [1.82, 2.24) is 5.32 Å².